The van der Waals surface area contributed by atoms with Gasteiger partial charge in [0.2, 0.25) is 15.9 Å². The molecule has 38 heavy (non-hydrogen) atoms. The van der Waals surface area contributed by atoms with Crippen LogP contribution in [-0.4, -0.2) is 103 Å². The largest absolute Gasteiger partial charge is 0.373 e. The van der Waals surface area contributed by atoms with Crippen LogP contribution >= 0.6 is 0 Å². The summed E-state index contributed by atoms with van der Waals surface area (Å²) in [5.41, 5.74) is 4.15. The molecule has 1 atom stereocenters. The lowest BCUT2D eigenvalue weighted by Gasteiger charge is -2.35. The molecule has 11 nitrogen and oxygen atoms in total. The summed E-state index contributed by atoms with van der Waals surface area (Å²) in [7, 11) is -3.15. The van der Waals surface area contributed by atoms with E-state index < -0.39 is 10.0 Å². The number of nitrogens with one attached hydrogen (secondary N) is 1. The second-order valence-electron chi connectivity index (χ2n) is 9.45. The third-order valence-electron chi connectivity index (χ3n) is 7.06. The zero-order valence-corrected chi connectivity index (χ0v) is 22.5. The quantitative estimate of drug-likeness (QED) is 0.479. The summed E-state index contributed by atoms with van der Waals surface area (Å²) in [6.45, 7) is 7.69. The molecule has 0 bridgehead atoms. The van der Waals surface area contributed by atoms with Gasteiger partial charge >= 0.3 is 0 Å². The topological polar surface area (TPSA) is 121 Å². The monoisotopic (exact) mass is 539 g/mol. The van der Waals surface area contributed by atoms with E-state index >= 15 is 0 Å². The third-order valence-corrected chi connectivity index (χ3v) is 8.94. The van der Waals surface area contributed by atoms with Gasteiger partial charge in [0.15, 0.2) is 5.82 Å². The summed E-state index contributed by atoms with van der Waals surface area (Å²) in [5.74, 6) is 0.796. The zero-order valence-electron chi connectivity index (χ0n) is 21.7. The second-order valence-corrected chi connectivity index (χ2v) is 11.7. The molecule has 2 aliphatic heterocycles. The summed E-state index contributed by atoms with van der Waals surface area (Å²) in [4.78, 5) is 29.6. The molecule has 12 heteroatoms. The Hall–Kier alpha value is -3.35. The molecule has 0 radical (unpaired) electrons. The van der Waals surface area contributed by atoms with Gasteiger partial charge in [0.1, 0.15) is 5.52 Å². The van der Waals surface area contributed by atoms with Crippen LogP contribution < -0.4 is 10.2 Å². The van der Waals surface area contributed by atoms with Gasteiger partial charge < -0.3 is 19.9 Å². The SMILES string of the molecule is CCS(=O)(=O)N1CCN(c2ccc(-c3cc4nccnc4c(NCC4CN(C(C)=O)CCO4)n3)cc2)CC1. The number of sulfonamides is 1. The van der Waals surface area contributed by atoms with Gasteiger partial charge in [-0.05, 0) is 25.1 Å². The van der Waals surface area contributed by atoms with E-state index in [1.807, 2.05) is 30.3 Å². The molecule has 1 unspecified atom stereocenters. The van der Waals surface area contributed by atoms with E-state index in [2.05, 4.69) is 20.2 Å². The molecule has 1 amide bonds. The molecule has 2 aliphatic rings. The number of anilines is 2. The number of aromatic nitrogens is 3. The number of hydrogen-bond acceptors (Lipinski definition) is 9. The molecule has 1 aromatic carbocycles. The smallest absolute Gasteiger partial charge is 0.219 e. The highest BCUT2D eigenvalue weighted by Crippen LogP contribution is 2.28. The van der Waals surface area contributed by atoms with Crippen LogP contribution in [0.25, 0.3) is 22.3 Å². The van der Waals surface area contributed by atoms with Crippen molar-refractivity contribution in [2.45, 2.75) is 20.0 Å². The van der Waals surface area contributed by atoms with Gasteiger partial charge in [0.25, 0.3) is 0 Å². The van der Waals surface area contributed by atoms with Gasteiger partial charge in [-0.3, -0.25) is 9.78 Å². The van der Waals surface area contributed by atoms with E-state index in [0.717, 1.165) is 22.5 Å². The molecule has 3 aromatic rings. The summed E-state index contributed by atoms with van der Waals surface area (Å²) >= 11 is 0. The first kappa shape index (κ1) is 26.3. The molecule has 1 N–H and O–H groups in total. The first-order chi connectivity index (χ1) is 18.3. The molecular formula is C26H33N7O4S. The number of piperazine rings is 1. The van der Waals surface area contributed by atoms with Crippen LogP contribution in [0, 0.1) is 0 Å². The number of benzene rings is 1. The number of fused-ring (bicyclic) bond motifs is 1. The van der Waals surface area contributed by atoms with Crippen molar-refractivity contribution >= 4 is 38.5 Å². The number of nitrogens with zero attached hydrogens (tertiary/aromatic N) is 6. The number of hydrogen-bond donors (Lipinski definition) is 1. The molecule has 2 aromatic heterocycles. The fraction of sp³-hybridized carbons (Fsp3) is 0.462. The van der Waals surface area contributed by atoms with Crippen LogP contribution in [0.15, 0.2) is 42.7 Å². The number of carbonyl (C=O) groups excluding carboxylic acids is 1. The lowest BCUT2D eigenvalue weighted by atomic mass is 10.1. The standard InChI is InChI=1S/C26H33N7O4S/c1-3-38(35,36)33-12-10-31(11-13-33)21-6-4-20(5-7-21)23-16-24-25(28-9-8-27-24)26(30-23)29-17-22-18-32(19(2)34)14-15-37-22/h4-9,16,22H,3,10-15,17-18H2,1-2H3,(H,29,30). The Kier molecular flexibility index (Phi) is 7.73. The third kappa shape index (κ3) is 5.71. The number of morpholine rings is 1. The predicted octanol–water partition coefficient (Wildman–Crippen LogP) is 1.82. The molecule has 0 aliphatic carbocycles. The van der Waals surface area contributed by atoms with Crippen molar-refractivity contribution in [2.24, 2.45) is 0 Å². The normalized spacial score (nSPS) is 19.1. The number of ether oxygens (including phenoxy) is 1. The number of pyridine rings is 1. The lowest BCUT2D eigenvalue weighted by molar-refractivity contribution is -0.135. The van der Waals surface area contributed by atoms with E-state index in [9.17, 15) is 13.2 Å². The Balaban J connectivity index is 1.31. The van der Waals surface area contributed by atoms with Crippen LogP contribution in [0.3, 0.4) is 0 Å². The minimum absolute atomic E-state index is 0.0473. The van der Waals surface area contributed by atoms with Gasteiger partial charge in [0.05, 0.1) is 29.7 Å². The van der Waals surface area contributed by atoms with Crippen LogP contribution in [0.4, 0.5) is 11.5 Å². The average Bonchev–Trinajstić information content (AvgIpc) is 2.96. The molecule has 4 heterocycles. The lowest BCUT2D eigenvalue weighted by Crippen LogP contribution is -2.49. The van der Waals surface area contributed by atoms with E-state index in [4.69, 9.17) is 9.72 Å². The Morgan fingerprint density at radius 3 is 2.53 bits per heavy atom. The first-order valence-corrected chi connectivity index (χ1v) is 14.5. The van der Waals surface area contributed by atoms with E-state index in [-0.39, 0.29) is 17.8 Å². The Morgan fingerprint density at radius 1 is 1.08 bits per heavy atom. The van der Waals surface area contributed by atoms with Crippen molar-refractivity contribution in [3.8, 4) is 11.3 Å². The number of carbonyl (C=O) groups is 1. The molecule has 202 valence electrons. The van der Waals surface area contributed by atoms with Crippen molar-refractivity contribution in [1.29, 1.82) is 0 Å². The summed E-state index contributed by atoms with van der Waals surface area (Å²) in [6, 6.07) is 10.1. The molecule has 0 saturated carbocycles. The summed E-state index contributed by atoms with van der Waals surface area (Å²) < 4.78 is 31.7. The maximum absolute atomic E-state index is 12.2. The van der Waals surface area contributed by atoms with Gasteiger partial charge in [-0.1, -0.05) is 12.1 Å². The van der Waals surface area contributed by atoms with Crippen molar-refractivity contribution in [1.82, 2.24) is 24.2 Å². The van der Waals surface area contributed by atoms with Gasteiger partial charge in [-0.25, -0.2) is 18.4 Å². The highest BCUT2D eigenvalue weighted by Gasteiger charge is 2.26. The van der Waals surface area contributed by atoms with Crippen LogP contribution in [0.2, 0.25) is 0 Å². The molecule has 0 spiro atoms. The maximum atomic E-state index is 12.2. The molecule has 2 saturated heterocycles. The minimum atomic E-state index is -3.15. The number of amides is 1. The highest BCUT2D eigenvalue weighted by atomic mass is 32.2. The van der Waals surface area contributed by atoms with Crippen molar-refractivity contribution < 1.29 is 17.9 Å². The van der Waals surface area contributed by atoms with E-state index in [0.29, 0.717) is 63.8 Å². The van der Waals surface area contributed by atoms with E-state index in [1.54, 1.807) is 35.4 Å². The molecular weight excluding hydrogens is 506 g/mol. The van der Waals surface area contributed by atoms with Crippen molar-refractivity contribution in [3.05, 3.63) is 42.7 Å². The summed E-state index contributed by atoms with van der Waals surface area (Å²) in [5, 5.41) is 3.37. The fourth-order valence-electron chi connectivity index (χ4n) is 4.83. The van der Waals surface area contributed by atoms with E-state index in [1.165, 1.54) is 0 Å². The van der Waals surface area contributed by atoms with Crippen molar-refractivity contribution in [3.63, 3.8) is 0 Å². The van der Waals surface area contributed by atoms with Crippen LogP contribution in [0.1, 0.15) is 13.8 Å². The van der Waals surface area contributed by atoms with Gasteiger partial charge in [-0.2, -0.15) is 4.31 Å². The second kappa shape index (κ2) is 11.2. The zero-order chi connectivity index (χ0) is 26.7. The van der Waals surface area contributed by atoms with Crippen LogP contribution in [0.5, 0.6) is 0 Å². The summed E-state index contributed by atoms with van der Waals surface area (Å²) in [6.07, 6.45) is 3.16. The van der Waals surface area contributed by atoms with Gasteiger partial charge in [0, 0.05) is 76.4 Å². The minimum Gasteiger partial charge on any atom is -0.373 e. The van der Waals surface area contributed by atoms with Gasteiger partial charge in [-0.15, -0.1) is 0 Å². The fourth-order valence-corrected chi connectivity index (χ4v) is 5.92. The highest BCUT2D eigenvalue weighted by molar-refractivity contribution is 7.89. The molecule has 5 rings (SSSR count). The molecule has 2 fully saturated rings. The average molecular weight is 540 g/mol. The maximum Gasteiger partial charge on any atom is 0.219 e. The number of rotatable bonds is 7. The first-order valence-electron chi connectivity index (χ1n) is 12.9. The van der Waals surface area contributed by atoms with Crippen LogP contribution in [-0.2, 0) is 19.6 Å². The Morgan fingerprint density at radius 2 is 1.82 bits per heavy atom. The Labute approximate surface area is 222 Å². The predicted molar refractivity (Wildman–Crippen MR) is 146 cm³/mol. The Bertz CT molecular complexity index is 1390. The van der Waals surface area contributed by atoms with Crippen molar-refractivity contribution in [2.75, 3.05) is 68.4 Å².